The zero-order valence-electron chi connectivity index (χ0n) is 9.05. The van der Waals surface area contributed by atoms with Gasteiger partial charge >= 0.3 is 0 Å². The van der Waals surface area contributed by atoms with E-state index in [1.807, 2.05) is 0 Å². The maximum absolute atomic E-state index is 3.72. The van der Waals surface area contributed by atoms with Crippen molar-refractivity contribution in [2.24, 2.45) is 17.8 Å². The van der Waals surface area contributed by atoms with Gasteiger partial charge in [-0.2, -0.15) is 0 Å². The fourth-order valence-electron chi connectivity index (χ4n) is 3.08. The van der Waals surface area contributed by atoms with Gasteiger partial charge in [-0.05, 0) is 37.1 Å². The second-order valence-corrected chi connectivity index (χ2v) is 5.30. The quantitative estimate of drug-likeness (QED) is 0.656. The summed E-state index contributed by atoms with van der Waals surface area (Å²) in [7, 11) is 0. The molecule has 1 saturated heterocycles. The molecule has 2 fully saturated rings. The molecule has 1 heterocycles. The third kappa shape index (κ3) is 2.07. The Morgan fingerprint density at radius 1 is 1.08 bits per heavy atom. The normalized spacial score (nSPS) is 40.4. The number of nitrogens with one attached hydrogen (secondary N) is 1. The molecule has 0 radical (unpaired) electrons. The number of rotatable bonds is 1. The highest BCUT2D eigenvalue weighted by Gasteiger charge is 2.32. The minimum Gasteiger partial charge on any atom is -0.313 e. The van der Waals surface area contributed by atoms with E-state index in [2.05, 4.69) is 19.2 Å². The van der Waals surface area contributed by atoms with Gasteiger partial charge in [0.05, 0.1) is 0 Å². The zero-order chi connectivity index (χ0) is 9.26. The van der Waals surface area contributed by atoms with Crippen LogP contribution >= 0.6 is 0 Å². The first kappa shape index (κ1) is 9.51. The van der Waals surface area contributed by atoms with Crippen LogP contribution in [0.5, 0.6) is 0 Å². The van der Waals surface area contributed by atoms with Crippen molar-refractivity contribution in [2.45, 2.75) is 52.0 Å². The fourth-order valence-corrected chi connectivity index (χ4v) is 3.08. The van der Waals surface area contributed by atoms with Gasteiger partial charge in [-0.25, -0.2) is 0 Å². The topological polar surface area (TPSA) is 12.0 Å². The molecule has 1 nitrogen and oxygen atoms in total. The van der Waals surface area contributed by atoms with E-state index in [1.54, 1.807) is 0 Å². The summed E-state index contributed by atoms with van der Waals surface area (Å²) in [4.78, 5) is 0. The van der Waals surface area contributed by atoms with Crippen LogP contribution in [-0.2, 0) is 0 Å². The van der Waals surface area contributed by atoms with Crippen LogP contribution in [0.1, 0.15) is 46.0 Å². The van der Waals surface area contributed by atoms with Crippen LogP contribution in [0.4, 0.5) is 0 Å². The average molecular weight is 181 g/mol. The van der Waals surface area contributed by atoms with Crippen LogP contribution in [0.3, 0.4) is 0 Å². The number of hydrogen-bond donors (Lipinski definition) is 1. The van der Waals surface area contributed by atoms with E-state index in [4.69, 9.17) is 0 Å². The molecule has 1 aliphatic heterocycles. The first-order valence-corrected chi connectivity index (χ1v) is 6.00. The Kier molecular flexibility index (Phi) is 2.92. The summed E-state index contributed by atoms with van der Waals surface area (Å²) < 4.78 is 0. The second-order valence-electron chi connectivity index (χ2n) is 5.30. The zero-order valence-corrected chi connectivity index (χ0v) is 9.05. The van der Waals surface area contributed by atoms with Gasteiger partial charge in [0.25, 0.3) is 0 Å². The summed E-state index contributed by atoms with van der Waals surface area (Å²) in [5.74, 6) is 2.90. The summed E-state index contributed by atoms with van der Waals surface area (Å²) in [6, 6.07) is 0.805. The third-order valence-electron chi connectivity index (χ3n) is 4.07. The Labute approximate surface area is 82.3 Å². The van der Waals surface area contributed by atoms with Gasteiger partial charge in [0.1, 0.15) is 0 Å². The molecule has 1 saturated carbocycles. The molecule has 2 aliphatic rings. The van der Waals surface area contributed by atoms with Gasteiger partial charge in [-0.1, -0.05) is 33.1 Å². The lowest BCUT2D eigenvalue weighted by Crippen LogP contribution is -2.47. The highest BCUT2D eigenvalue weighted by molar-refractivity contribution is 4.87. The van der Waals surface area contributed by atoms with Crippen molar-refractivity contribution in [3.05, 3.63) is 0 Å². The molecular formula is C12H23N. The first-order valence-electron chi connectivity index (χ1n) is 6.00. The summed E-state index contributed by atoms with van der Waals surface area (Å²) in [6.07, 6.45) is 7.42. The minimum atomic E-state index is 0.805. The van der Waals surface area contributed by atoms with Crippen LogP contribution in [0.15, 0.2) is 0 Å². The smallest absolute Gasteiger partial charge is 0.00929 e. The Hall–Kier alpha value is -0.0400. The van der Waals surface area contributed by atoms with Crippen LogP contribution in [0, 0.1) is 17.8 Å². The highest BCUT2D eigenvalue weighted by atomic mass is 14.9. The summed E-state index contributed by atoms with van der Waals surface area (Å²) in [6.45, 7) is 6.00. The van der Waals surface area contributed by atoms with Gasteiger partial charge in [-0.15, -0.1) is 0 Å². The highest BCUT2D eigenvalue weighted by Crippen LogP contribution is 2.36. The maximum Gasteiger partial charge on any atom is 0.00929 e. The van der Waals surface area contributed by atoms with Gasteiger partial charge in [0.2, 0.25) is 0 Å². The molecular weight excluding hydrogens is 158 g/mol. The molecule has 0 spiro atoms. The van der Waals surface area contributed by atoms with Crippen LogP contribution in [-0.4, -0.2) is 12.6 Å². The second kappa shape index (κ2) is 4.00. The first-order chi connectivity index (χ1) is 6.27. The average Bonchev–Trinajstić information content (AvgIpc) is 2.17. The number of piperidine rings is 1. The molecule has 76 valence electrons. The van der Waals surface area contributed by atoms with Gasteiger partial charge in [-0.3, -0.25) is 0 Å². The van der Waals surface area contributed by atoms with Gasteiger partial charge in [0.15, 0.2) is 0 Å². The number of fused-ring (bicyclic) bond motifs is 1. The molecule has 0 aromatic heterocycles. The predicted molar refractivity (Wildman–Crippen MR) is 56.7 cm³/mol. The Balaban J connectivity index is 1.91. The molecule has 0 amide bonds. The lowest BCUT2D eigenvalue weighted by molar-refractivity contribution is 0.136. The van der Waals surface area contributed by atoms with Crippen molar-refractivity contribution < 1.29 is 0 Å². The monoisotopic (exact) mass is 181 g/mol. The van der Waals surface area contributed by atoms with E-state index in [1.165, 1.54) is 38.6 Å². The van der Waals surface area contributed by atoms with Crippen molar-refractivity contribution in [1.82, 2.24) is 5.32 Å². The molecule has 0 bridgehead atoms. The standard InChI is InChI=1S/C12H23N/c1-9(2)12-7-10-5-3-4-6-11(10)8-13-12/h9-13H,3-8H2,1-2H3. The predicted octanol–water partition coefficient (Wildman–Crippen LogP) is 2.81. The lowest BCUT2D eigenvalue weighted by Gasteiger charge is -2.41. The van der Waals surface area contributed by atoms with Crippen molar-refractivity contribution in [1.29, 1.82) is 0 Å². The molecule has 1 heteroatoms. The summed E-state index contributed by atoms with van der Waals surface area (Å²) in [5.41, 5.74) is 0. The van der Waals surface area contributed by atoms with E-state index >= 15 is 0 Å². The lowest BCUT2D eigenvalue weighted by atomic mass is 9.72. The Morgan fingerprint density at radius 2 is 1.77 bits per heavy atom. The Bertz CT molecular complexity index is 165. The molecule has 1 N–H and O–H groups in total. The van der Waals surface area contributed by atoms with E-state index in [0.29, 0.717) is 0 Å². The summed E-state index contributed by atoms with van der Waals surface area (Å²) in [5, 5.41) is 3.72. The minimum absolute atomic E-state index is 0.805. The molecule has 0 aromatic rings. The molecule has 2 rings (SSSR count). The van der Waals surface area contributed by atoms with Crippen molar-refractivity contribution >= 4 is 0 Å². The van der Waals surface area contributed by atoms with Crippen LogP contribution in [0.25, 0.3) is 0 Å². The maximum atomic E-state index is 3.72. The van der Waals surface area contributed by atoms with Crippen molar-refractivity contribution in [2.75, 3.05) is 6.54 Å². The third-order valence-corrected chi connectivity index (χ3v) is 4.07. The molecule has 3 unspecified atom stereocenters. The molecule has 0 aromatic carbocycles. The van der Waals surface area contributed by atoms with Crippen molar-refractivity contribution in [3.63, 3.8) is 0 Å². The van der Waals surface area contributed by atoms with E-state index in [9.17, 15) is 0 Å². The molecule has 1 aliphatic carbocycles. The Morgan fingerprint density at radius 3 is 2.46 bits per heavy atom. The molecule has 3 atom stereocenters. The van der Waals surface area contributed by atoms with Crippen LogP contribution < -0.4 is 5.32 Å². The van der Waals surface area contributed by atoms with E-state index in [-0.39, 0.29) is 0 Å². The van der Waals surface area contributed by atoms with Gasteiger partial charge in [0, 0.05) is 6.04 Å². The fraction of sp³-hybridized carbons (Fsp3) is 1.00. The summed E-state index contributed by atoms with van der Waals surface area (Å²) >= 11 is 0. The SMILES string of the molecule is CC(C)C1CC2CCCCC2CN1. The molecule has 13 heavy (non-hydrogen) atoms. The van der Waals surface area contributed by atoms with Crippen molar-refractivity contribution in [3.8, 4) is 0 Å². The van der Waals surface area contributed by atoms with Gasteiger partial charge < -0.3 is 5.32 Å². The van der Waals surface area contributed by atoms with E-state index < -0.39 is 0 Å². The van der Waals surface area contributed by atoms with Crippen LogP contribution in [0.2, 0.25) is 0 Å². The van der Waals surface area contributed by atoms with E-state index in [0.717, 1.165) is 23.8 Å². The largest absolute Gasteiger partial charge is 0.313 e. The number of hydrogen-bond acceptors (Lipinski definition) is 1.